The molecular formula is C16H15N3S. The van der Waals surface area contributed by atoms with Gasteiger partial charge in [-0.3, -0.25) is 0 Å². The van der Waals surface area contributed by atoms with E-state index in [-0.39, 0.29) is 0 Å². The number of aryl methyl sites for hydroxylation is 1. The molecule has 3 nitrogen and oxygen atoms in total. The maximum atomic E-state index is 7.17. The van der Waals surface area contributed by atoms with Crippen LogP contribution in [0.15, 0.2) is 36.7 Å². The van der Waals surface area contributed by atoms with Crippen LogP contribution in [0.2, 0.25) is 0 Å². The first kappa shape index (κ1) is 12.9. The molecule has 0 amide bonds. The van der Waals surface area contributed by atoms with Gasteiger partial charge in [-0.1, -0.05) is 24.3 Å². The molecule has 3 rings (SSSR count). The first-order valence-corrected chi connectivity index (χ1v) is 7.10. The first-order chi connectivity index (χ1) is 9.78. The zero-order valence-corrected chi connectivity index (χ0v) is 11.8. The van der Waals surface area contributed by atoms with Crippen LogP contribution in [0.5, 0.6) is 0 Å². The summed E-state index contributed by atoms with van der Waals surface area (Å²) in [7, 11) is 0. The Kier molecular flexibility index (Phi) is 3.53. The first-order valence-electron chi connectivity index (χ1n) is 6.69. The van der Waals surface area contributed by atoms with E-state index in [1.165, 1.54) is 11.1 Å². The zero-order valence-electron chi connectivity index (χ0n) is 11.0. The highest BCUT2D eigenvalue weighted by Gasteiger charge is 2.23. The predicted octanol–water partition coefficient (Wildman–Crippen LogP) is 4.14. The molecule has 20 heavy (non-hydrogen) atoms. The predicted molar refractivity (Wildman–Crippen MR) is 82.5 cm³/mol. The summed E-state index contributed by atoms with van der Waals surface area (Å²) in [5, 5.41) is 0. The van der Waals surface area contributed by atoms with Crippen molar-refractivity contribution in [3.05, 3.63) is 69.7 Å². The Hall–Kier alpha value is -2.12. The van der Waals surface area contributed by atoms with E-state index in [9.17, 15) is 0 Å². The van der Waals surface area contributed by atoms with E-state index in [4.69, 9.17) is 18.8 Å². The summed E-state index contributed by atoms with van der Waals surface area (Å²) in [6, 6.07) is 8.39. The van der Waals surface area contributed by atoms with Crippen LogP contribution in [0.25, 0.3) is 10.4 Å². The number of nitrogens with one attached hydrogen (secondary N) is 2. The Bertz CT molecular complexity index is 745. The number of H-pyrrole nitrogens is 2. The molecule has 1 aliphatic rings. The largest absolute Gasteiger partial charge is 0.337 e. The van der Waals surface area contributed by atoms with Crippen molar-refractivity contribution in [2.24, 2.45) is 5.92 Å². The Balaban J connectivity index is 1.95. The molecule has 0 saturated carbocycles. The molecule has 2 aromatic rings. The fraction of sp³-hybridized carbons (Fsp3) is 0.250. The molecule has 1 aromatic carbocycles. The van der Waals surface area contributed by atoms with Crippen molar-refractivity contribution in [3.8, 4) is 0 Å². The summed E-state index contributed by atoms with van der Waals surface area (Å²) in [6.45, 7) is 7.17. The SMILES string of the molecule is [C-]#[N+]/C=C1\c2ccccc2CCC1Cc1c[nH]c(=S)[nH]1. The Morgan fingerprint density at radius 3 is 3.00 bits per heavy atom. The van der Waals surface area contributed by atoms with Crippen LogP contribution >= 0.6 is 12.2 Å². The highest BCUT2D eigenvalue weighted by atomic mass is 32.1. The summed E-state index contributed by atoms with van der Waals surface area (Å²) in [6.07, 6.45) is 6.65. The molecule has 100 valence electrons. The third kappa shape index (κ3) is 2.45. The number of fused-ring (bicyclic) bond motifs is 1. The standard InChI is InChI=1S/C16H15N3S/c1-17-10-15-12(8-13-9-18-16(20)19-13)7-6-11-4-2-3-5-14(11)15/h2-5,9-10,12H,6-8H2,(H2,18,19,20)/b15-10-. The van der Waals surface area contributed by atoms with Crippen molar-refractivity contribution in [3.63, 3.8) is 0 Å². The van der Waals surface area contributed by atoms with Crippen molar-refractivity contribution >= 4 is 17.8 Å². The number of benzene rings is 1. The van der Waals surface area contributed by atoms with E-state index in [0.717, 1.165) is 30.5 Å². The molecule has 1 unspecified atom stereocenters. The van der Waals surface area contributed by atoms with E-state index in [1.807, 2.05) is 12.3 Å². The molecule has 0 aliphatic heterocycles. The minimum absolute atomic E-state index is 0.375. The summed E-state index contributed by atoms with van der Waals surface area (Å²) < 4.78 is 0.659. The van der Waals surface area contributed by atoms with Gasteiger partial charge in [0.05, 0.1) is 6.57 Å². The Morgan fingerprint density at radius 2 is 2.25 bits per heavy atom. The number of imidazole rings is 1. The highest BCUT2D eigenvalue weighted by molar-refractivity contribution is 7.71. The number of aromatic nitrogens is 2. The Labute approximate surface area is 123 Å². The minimum atomic E-state index is 0.375. The lowest BCUT2D eigenvalue weighted by atomic mass is 9.78. The highest BCUT2D eigenvalue weighted by Crippen LogP contribution is 2.37. The summed E-state index contributed by atoms with van der Waals surface area (Å²) in [5.74, 6) is 0.375. The second-order valence-corrected chi connectivity index (χ2v) is 5.49. The zero-order chi connectivity index (χ0) is 13.9. The molecule has 1 heterocycles. The molecular weight excluding hydrogens is 266 g/mol. The number of aromatic amines is 2. The monoisotopic (exact) mass is 281 g/mol. The summed E-state index contributed by atoms with van der Waals surface area (Å²) in [5.41, 5.74) is 4.84. The van der Waals surface area contributed by atoms with Crippen LogP contribution < -0.4 is 0 Å². The van der Waals surface area contributed by atoms with Gasteiger partial charge >= 0.3 is 0 Å². The van der Waals surface area contributed by atoms with Gasteiger partial charge in [-0.05, 0) is 54.1 Å². The van der Waals surface area contributed by atoms with Crippen molar-refractivity contribution < 1.29 is 0 Å². The molecule has 1 atom stereocenters. The number of rotatable bonds is 2. The lowest BCUT2D eigenvalue weighted by Gasteiger charge is -2.27. The van der Waals surface area contributed by atoms with Crippen LogP contribution in [0.4, 0.5) is 0 Å². The second kappa shape index (κ2) is 5.48. The molecule has 2 N–H and O–H groups in total. The third-order valence-corrected chi connectivity index (χ3v) is 4.07. The van der Waals surface area contributed by atoms with E-state index in [2.05, 4.69) is 33.0 Å². The van der Waals surface area contributed by atoms with Gasteiger partial charge in [0, 0.05) is 11.9 Å². The van der Waals surface area contributed by atoms with Crippen molar-refractivity contribution in [1.82, 2.24) is 9.97 Å². The van der Waals surface area contributed by atoms with Gasteiger partial charge in [-0.15, -0.1) is 0 Å². The van der Waals surface area contributed by atoms with Crippen molar-refractivity contribution in [2.45, 2.75) is 19.3 Å². The summed E-state index contributed by atoms with van der Waals surface area (Å²) >= 11 is 5.07. The smallest absolute Gasteiger partial charge is 0.174 e. The lowest BCUT2D eigenvalue weighted by Crippen LogP contribution is -2.15. The van der Waals surface area contributed by atoms with Gasteiger partial charge < -0.3 is 9.97 Å². The number of hydrogen-bond acceptors (Lipinski definition) is 1. The molecule has 1 aromatic heterocycles. The normalized spacial score (nSPS) is 19.6. The van der Waals surface area contributed by atoms with E-state index >= 15 is 0 Å². The van der Waals surface area contributed by atoms with Gasteiger partial charge in [-0.2, -0.15) is 0 Å². The van der Waals surface area contributed by atoms with Gasteiger partial charge in [0.1, 0.15) is 0 Å². The van der Waals surface area contributed by atoms with E-state index < -0.39 is 0 Å². The fourth-order valence-electron chi connectivity index (χ4n) is 2.93. The van der Waals surface area contributed by atoms with Crippen LogP contribution in [-0.2, 0) is 12.8 Å². The average Bonchev–Trinajstić information content (AvgIpc) is 2.87. The van der Waals surface area contributed by atoms with Crippen LogP contribution in [0.3, 0.4) is 0 Å². The molecule has 1 aliphatic carbocycles. The van der Waals surface area contributed by atoms with Crippen LogP contribution in [0, 0.1) is 17.3 Å². The van der Waals surface area contributed by atoms with Gasteiger partial charge in [-0.25, -0.2) is 4.85 Å². The molecule has 4 heteroatoms. The topological polar surface area (TPSA) is 35.9 Å². The fourth-order valence-corrected chi connectivity index (χ4v) is 3.12. The van der Waals surface area contributed by atoms with Crippen LogP contribution in [-0.4, -0.2) is 9.97 Å². The minimum Gasteiger partial charge on any atom is -0.337 e. The maximum Gasteiger partial charge on any atom is 0.174 e. The molecule has 0 bridgehead atoms. The molecule has 0 saturated heterocycles. The number of allylic oxidation sites excluding steroid dienone is 1. The molecule has 0 fully saturated rings. The lowest BCUT2D eigenvalue weighted by molar-refractivity contribution is 0.580. The van der Waals surface area contributed by atoms with E-state index in [1.54, 1.807) is 6.20 Å². The van der Waals surface area contributed by atoms with Crippen LogP contribution in [0.1, 0.15) is 23.2 Å². The number of nitrogens with zero attached hydrogens (tertiary/aromatic N) is 1. The quantitative estimate of drug-likeness (QED) is 0.630. The average molecular weight is 281 g/mol. The van der Waals surface area contributed by atoms with Crippen molar-refractivity contribution in [1.29, 1.82) is 0 Å². The van der Waals surface area contributed by atoms with Gasteiger partial charge in [0.15, 0.2) is 11.0 Å². The van der Waals surface area contributed by atoms with E-state index in [0.29, 0.717) is 10.7 Å². The van der Waals surface area contributed by atoms with Gasteiger partial charge in [0.2, 0.25) is 0 Å². The van der Waals surface area contributed by atoms with Gasteiger partial charge in [0.25, 0.3) is 0 Å². The second-order valence-electron chi connectivity index (χ2n) is 5.08. The molecule has 0 radical (unpaired) electrons. The third-order valence-electron chi connectivity index (χ3n) is 3.85. The summed E-state index contributed by atoms with van der Waals surface area (Å²) in [4.78, 5) is 9.67. The van der Waals surface area contributed by atoms with Crippen molar-refractivity contribution in [2.75, 3.05) is 0 Å². The maximum absolute atomic E-state index is 7.17. The molecule has 0 spiro atoms. The number of hydrogen-bond donors (Lipinski definition) is 2. The Morgan fingerprint density at radius 1 is 1.40 bits per heavy atom.